The predicted molar refractivity (Wildman–Crippen MR) is 85.0 cm³/mol. The number of rotatable bonds is 2. The maximum atomic E-state index is 12.5. The molecule has 0 spiro atoms. The molecule has 2 aliphatic carbocycles. The molecule has 0 radical (unpaired) electrons. The molecule has 106 valence electrons. The number of benzene rings is 1. The van der Waals surface area contributed by atoms with Crippen LogP contribution in [0, 0.1) is 5.92 Å². The van der Waals surface area contributed by atoms with Gasteiger partial charge in [-0.05, 0) is 44.2 Å². The van der Waals surface area contributed by atoms with E-state index < -0.39 is 0 Å². The fourth-order valence-electron chi connectivity index (χ4n) is 3.38. The van der Waals surface area contributed by atoms with E-state index >= 15 is 0 Å². The van der Waals surface area contributed by atoms with Crippen LogP contribution in [0.4, 0.5) is 0 Å². The SMILES string of the molecule is O=C1CCCCC/C=C2/CCC(Sc3ccccc3)C12. The van der Waals surface area contributed by atoms with Gasteiger partial charge in [-0.2, -0.15) is 0 Å². The first-order valence-corrected chi connectivity index (χ1v) is 8.66. The summed E-state index contributed by atoms with van der Waals surface area (Å²) in [6.45, 7) is 0. The first-order valence-electron chi connectivity index (χ1n) is 7.78. The maximum Gasteiger partial charge on any atom is 0.141 e. The lowest BCUT2D eigenvalue weighted by Crippen LogP contribution is -2.22. The average Bonchev–Trinajstić information content (AvgIpc) is 2.88. The van der Waals surface area contributed by atoms with Crippen molar-refractivity contribution < 1.29 is 4.79 Å². The van der Waals surface area contributed by atoms with Crippen LogP contribution in [-0.2, 0) is 4.79 Å². The Kier molecular flexibility index (Phi) is 4.62. The second kappa shape index (κ2) is 6.62. The van der Waals surface area contributed by atoms with Crippen LogP contribution < -0.4 is 0 Å². The van der Waals surface area contributed by atoms with Gasteiger partial charge in [0.2, 0.25) is 0 Å². The molecular weight excluding hydrogens is 264 g/mol. The van der Waals surface area contributed by atoms with Crippen molar-refractivity contribution in [2.75, 3.05) is 0 Å². The number of carbonyl (C=O) groups is 1. The van der Waals surface area contributed by atoms with Crippen LogP contribution >= 0.6 is 11.8 Å². The summed E-state index contributed by atoms with van der Waals surface area (Å²) < 4.78 is 0. The van der Waals surface area contributed by atoms with Gasteiger partial charge in [-0.3, -0.25) is 4.79 Å². The number of allylic oxidation sites excluding steroid dienone is 2. The third-order valence-electron chi connectivity index (χ3n) is 4.40. The molecule has 2 atom stereocenters. The summed E-state index contributed by atoms with van der Waals surface area (Å²) in [5, 5.41) is 0.453. The van der Waals surface area contributed by atoms with Gasteiger partial charge in [-0.25, -0.2) is 0 Å². The number of carbonyl (C=O) groups excluding carboxylic acids is 1. The molecule has 2 heteroatoms. The largest absolute Gasteiger partial charge is 0.299 e. The molecule has 2 unspecified atom stereocenters. The van der Waals surface area contributed by atoms with Crippen LogP contribution in [0.25, 0.3) is 0 Å². The molecule has 0 aliphatic heterocycles. The normalized spacial score (nSPS) is 29.8. The molecule has 2 aliphatic rings. The van der Waals surface area contributed by atoms with Crippen molar-refractivity contribution in [3.8, 4) is 0 Å². The van der Waals surface area contributed by atoms with Crippen molar-refractivity contribution in [2.24, 2.45) is 5.92 Å². The molecule has 0 saturated heterocycles. The van der Waals surface area contributed by atoms with Crippen LogP contribution in [0.1, 0.15) is 44.9 Å². The van der Waals surface area contributed by atoms with Crippen LogP contribution in [0.5, 0.6) is 0 Å². The fourth-order valence-corrected chi connectivity index (χ4v) is 4.74. The van der Waals surface area contributed by atoms with Gasteiger partial charge >= 0.3 is 0 Å². The summed E-state index contributed by atoms with van der Waals surface area (Å²) in [5.41, 5.74) is 1.44. The van der Waals surface area contributed by atoms with Crippen molar-refractivity contribution in [2.45, 2.75) is 55.1 Å². The average molecular weight is 286 g/mol. The van der Waals surface area contributed by atoms with Gasteiger partial charge in [0.1, 0.15) is 5.78 Å². The van der Waals surface area contributed by atoms with Crippen molar-refractivity contribution in [3.05, 3.63) is 42.0 Å². The Hall–Kier alpha value is -1.02. The van der Waals surface area contributed by atoms with E-state index in [2.05, 4.69) is 36.4 Å². The summed E-state index contributed by atoms with van der Waals surface area (Å²) in [6, 6.07) is 10.5. The molecule has 3 rings (SSSR count). The molecule has 1 saturated carbocycles. The smallest absolute Gasteiger partial charge is 0.141 e. The van der Waals surface area contributed by atoms with Gasteiger partial charge in [-0.15, -0.1) is 11.8 Å². The molecule has 0 N–H and O–H groups in total. The molecule has 0 bridgehead atoms. The Morgan fingerprint density at radius 3 is 2.70 bits per heavy atom. The number of Topliss-reactive ketones (excluding diaryl/α,β-unsaturated/α-hetero) is 1. The minimum absolute atomic E-state index is 0.193. The highest BCUT2D eigenvalue weighted by Gasteiger charge is 2.36. The van der Waals surface area contributed by atoms with Crippen LogP contribution in [-0.4, -0.2) is 11.0 Å². The van der Waals surface area contributed by atoms with Gasteiger partial charge in [0.15, 0.2) is 0 Å². The lowest BCUT2D eigenvalue weighted by atomic mass is 9.94. The Morgan fingerprint density at radius 2 is 1.85 bits per heavy atom. The minimum Gasteiger partial charge on any atom is -0.299 e. The van der Waals surface area contributed by atoms with Crippen molar-refractivity contribution in [1.82, 2.24) is 0 Å². The van der Waals surface area contributed by atoms with Crippen LogP contribution in [0.3, 0.4) is 0 Å². The molecule has 0 heterocycles. The highest BCUT2D eigenvalue weighted by molar-refractivity contribution is 8.00. The summed E-state index contributed by atoms with van der Waals surface area (Å²) >= 11 is 1.90. The topological polar surface area (TPSA) is 17.1 Å². The van der Waals surface area contributed by atoms with Crippen molar-refractivity contribution >= 4 is 17.5 Å². The van der Waals surface area contributed by atoms with Gasteiger partial charge in [0.25, 0.3) is 0 Å². The number of ketones is 1. The van der Waals surface area contributed by atoms with Crippen LogP contribution in [0.15, 0.2) is 46.9 Å². The summed E-state index contributed by atoms with van der Waals surface area (Å²) in [6.07, 6.45) is 10.1. The summed E-state index contributed by atoms with van der Waals surface area (Å²) in [4.78, 5) is 13.8. The van der Waals surface area contributed by atoms with Gasteiger partial charge in [0, 0.05) is 16.6 Å². The zero-order valence-corrected chi connectivity index (χ0v) is 12.7. The molecular formula is C18H22OS. The number of hydrogen-bond donors (Lipinski definition) is 0. The van der Waals surface area contributed by atoms with E-state index in [0.29, 0.717) is 11.0 Å². The van der Waals surface area contributed by atoms with E-state index in [1.165, 1.54) is 29.7 Å². The lowest BCUT2D eigenvalue weighted by molar-refractivity contribution is -0.121. The lowest BCUT2D eigenvalue weighted by Gasteiger charge is -2.19. The zero-order valence-electron chi connectivity index (χ0n) is 11.9. The van der Waals surface area contributed by atoms with E-state index in [9.17, 15) is 4.79 Å². The van der Waals surface area contributed by atoms with Crippen molar-refractivity contribution in [3.63, 3.8) is 0 Å². The van der Waals surface area contributed by atoms with Crippen LogP contribution in [0.2, 0.25) is 0 Å². The standard InChI is InChI=1S/C18H22OS/c19-16-11-7-2-1-4-8-14-12-13-17(18(14)16)20-15-9-5-3-6-10-15/h3,5-6,8-10,17-18H,1-2,4,7,11-13H2/b14-8-. The number of hydrogen-bond acceptors (Lipinski definition) is 2. The summed E-state index contributed by atoms with van der Waals surface area (Å²) in [7, 11) is 0. The highest BCUT2D eigenvalue weighted by Crippen LogP contribution is 2.43. The van der Waals surface area contributed by atoms with Gasteiger partial charge in [0.05, 0.1) is 5.92 Å². The second-order valence-corrected chi connectivity index (χ2v) is 7.14. The molecule has 1 fully saturated rings. The molecule has 0 aromatic heterocycles. The Morgan fingerprint density at radius 1 is 1.00 bits per heavy atom. The third kappa shape index (κ3) is 3.17. The summed E-state index contributed by atoms with van der Waals surface area (Å²) in [5.74, 6) is 0.683. The van der Waals surface area contributed by atoms with Gasteiger partial charge < -0.3 is 0 Å². The number of thioether (sulfide) groups is 1. The van der Waals surface area contributed by atoms with Crippen molar-refractivity contribution in [1.29, 1.82) is 0 Å². The third-order valence-corrected chi connectivity index (χ3v) is 5.76. The fraction of sp³-hybridized carbons (Fsp3) is 0.500. The highest BCUT2D eigenvalue weighted by atomic mass is 32.2. The minimum atomic E-state index is 0.193. The molecule has 20 heavy (non-hydrogen) atoms. The zero-order chi connectivity index (χ0) is 13.8. The molecule has 1 nitrogen and oxygen atoms in total. The molecule has 1 aromatic rings. The van der Waals surface area contributed by atoms with E-state index in [-0.39, 0.29) is 5.92 Å². The molecule has 0 amide bonds. The Balaban J connectivity index is 1.78. The first-order chi connectivity index (χ1) is 9.84. The Labute approximate surface area is 125 Å². The number of fused-ring (bicyclic) bond motifs is 1. The second-order valence-electron chi connectivity index (χ2n) is 5.83. The quantitative estimate of drug-likeness (QED) is 0.710. The monoisotopic (exact) mass is 286 g/mol. The van der Waals surface area contributed by atoms with E-state index in [1.54, 1.807) is 0 Å². The first kappa shape index (κ1) is 13.9. The van der Waals surface area contributed by atoms with E-state index in [4.69, 9.17) is 0 Å². The van der Waals surface area contributed by atoms with Gasteiger partial charge in [-0.1, -0.05) is 36.3 Å². The van der Waals surface area contributed by atoms with E-state index in [1.807, 2.05) is 11.8 Å². The van der Waals surface area contributed by atoms with E-state index in [0.717, 1.165) is 25.7 Å². The maximum absolute atomic E-state index is 12.5. The predicted octanol–water partition coefficient (Wildman–Crippen LogP) is 5.02. The molecule has 1 aromatic carbocycles. The Bertz CT molecular complexity index is 491.